The summed E-state index contributed by atoms with van der Waals surface area (Å²) in [5.41, 5.74) is 5.56. The number of carbonyl (C=O) groups excluding carboxylic acids is 2. The van der Waals surface area contributed by atoms with Crippen LogP contribution in [0.3, 0.4) is 0 Å². The molecule has 2 rings (SSSR count). The maximum absolute atomic E-state index is 12.3. The van der Waals surface area contributed by atoms with Gasteiger partial charge < -0.3 is 20.5 Å². The minimum atomic E-state index is -0.782. The zero-order chi connectivity index (χ0) is 14.0. The lowest BCUT2D eigenvalue weighted by atomic mass is 9.85. The van der Waals surface area contributed by atoms with Gasteiger partial charge in [-0.05, 0) is 18.4 Å². The molecule has 2 atom stereocenters. The molecule has 1 aliphatic rings. The van der Waals surface area contributed by atoms with E-state index in [2.05, 4.69) is 10.1 Å². The first-order valence-corrected chi connectivity index (χ1v) is 6.67. The van der Waals surface area contributed by atoms with Crippen LogP contribution < -0.4 is 11.1 Å². The number of hydrogen-bond donors (Lipinski definition) is 2. The Morgan fingerprint density at radius 3 is 2.95 bits per heavy atom. The fourth-order valence-corrected chi connectivity index (χ4v) is 2.61. The maximum atomic E-state index is 12.3. The fraction of sp³-hybridized carbons (Fsp3) is 0.500. The molecule has 0 saturated carbocycles. The Kier molecular flexibility index (Phi) is 3.88. The first kappa shape index (κ1) is 14.0. The number of esters is 1. The van der Waals surface area contributed by atoms with E-state index >= 15 is 0 Å². The Bertz CT molecular complexity index is 502. The van der Waals surface area contributed by atoms with Crippen LogP contribution in [0.15, 0.2) is 11.4 Å². The maximum Gasteiger partial charge on any atom is 0.350 e. The molecule has 0 aromatic carbocycles. The second-order valence-electron chi connectivity index (χ2n) is 4.65. The standard InChI is InChI=1S/C12H16N2O4S/c1-12(6-18-5-8(12)13)11(16)14-7-3-4-19-9(7)10(15)17-2/h3-4,8H,5-6,13H2,1-2H3,(H,14,16). The van der Waals surface area contributed by atoms with Crippen molar-refractivity contribution in [1.82, 2.24) is 0 Å². The molecule has 1 aromatic rings. The lowest BCUT2D eigenvalue weighted by molar-refractivity contribution is -0.125. The average molecular weight is 284 g/mol. The van der Waals surface area contributed by atoms with Crippen molar-refractivity contribution in [3.63, 3.8) is 0 Å². The molecule has 1 saturated heterocycles. The van der Waals surface area contributed by atoms with E-state index in [4.69, 9.17) is 10.5 Å². The molecule has 6 nitrogen and oxygen atoms in total. The van der Waals surface area contributed by atoms with Gasteiger partial charge in [-0.15, -0.1) is 11.3 Å². The van der Waals surface area contributed by atoms with E-state index in [0.29, 0.717) is 17.2 Å². The molecule has 2 unspecified atom stereocenters. The van der Waals surface area contributed by atoms with Crippen LogP contribution in [0.5, 0.6) is 0 Å². The van der Waals surface area contributed by atoms with Gasteiger partial charge in [-0.2, -0.15) is 0 Å². The highest BCUT2D eigenvalue weighted by molar-refractivity contribution is 7.12. The topological polar surface area (TPSA) is 90.6 Å². The number of rotatable bonds is 3. The number of amides is 1. The van der Waals surface area contributed by atoms with Crippen molar-refractivity contribution >= 4 is 28.9 Å². The molecular weight excluding hydrogens is 268 g/mol. The average Bonchev–Trinajstić information content (AvgIpc) is 2.97. The van der Waals surface area contributed by atoms with Crippen LogP contribution in [0, 0.1) is 5.41 Å². The van der Waals surface area contributed by atoms with Crippen molar-refractivity contribution in [3.8, 4) is 0 Å². The third kappa shape index (κ3) is 2.49. The summed E-state index contributed by atoms with van der Waals surface area (Å²) < 4.78 is 9.90. The van der Waals surface area contributed by atoms with E-state index in [-0.39, 0.29) is 18.6 Å². The smallest absolute Gasteiger partial charge is 0.350 e. The Morgan fingerprint density at radius 2 is 2.37 bits per heavy atom. The van der Waals surface area contributed by atoms with Gasteiger partial charge in [0, 0.05) is 6.04 Å². The van der Waals surface area contributed by atoms with Gasteiger partial charge >= 0.3 is 5.97 Å². The lowest BCUT2D eigenvalue weighted by Gasteiger charge is -2.25. The van der Waals surface area contributed by atoms with E-state index < -0.39 is 11.4 Å². The van der Waals surface area contributed by atoms with Gasteiger partial charge in [0.25, 0.3) is 0 Å². The minimum Gasteiger partial charge on any atom is -0.465 e. The summed E-state index contributed by atoms with van der Waals surface area (Å²) in [6, 6.07) is 1.31. The summed E-state index contributed by atoms with van der Waals surface area (Å²) >= 11 is 1.21. The van der Waals surface area contributed by atoms with Crippen molar-refractivity contribution in [1.29, 1.82) is 0 Å². The molecule has 3 N–H and O–H groups in total. The molecule has 104 valence electrons. The Hall–Kier alpha value is -1.44. The Labute approximate surface area is 114 Å². The molecule has 1 amide bonds. The van der Waals surface area contributed by atoms with Crippen molar-refractivity contribution in [2.75, 3.05) is 25.6 Å². The molecule has 1 aromatic heterocycles. The van der Waals surface area contributed by atoms with Gasteiger partial charge in [-0.3, -0.25) is 4.79 Å². The summed E-state index contributed by atoms with van der Waals surface area (Å²) in [5.74, 6) is -0.719. The number of nitrogens with two attached hydrogens (primary N) is 1. The summed E-state index contributed by atoms with van der Waals surface area (Å²) in [7, 11) is 1.30. The van der Waals surface area contributed by atoms with Crippen molar-refractivity contribution in [2.45, 2.75) is 13.0 Å². The van der Waals surface area contributed by atoms with Gasteiger partial charge in [0.15, 0.2) is 0 Å². The van der Waals surface area contributed by atoms with Crippen LogP contribution in [0.2, 0.25) is 0 Å². The number of ether oxygens (including phenoxy) is 2. The largest absolute Gasteiger partial charge is 0.465 e. The second-order valence-corrected chi connectivity index (χ2v) is 5.56. The Morgan fingerprint density at radius 1 is 1.63 bits per heavy atom. The zero-order valence-corrected chi connectivity index (χ0v) is 11.6. The predicted molar refractivity (Wildman–Crippen MR) is 71.2 cm³/mol. The lowest BCUT2D eigenvalue weighted by Crippen LogP contribution is -2.47. The molecule has 19 heavy (non-hydrogen) atoms. The van der Waals surface area contributed by atoms with Gasteiger partial charge in [0.05, 0.1) is 31.4 Å². The number of hydrogen-bond acceptors (Lipinski definition) is 6. The molecule has 0 spiro atoms. The van der Waals surface area contributed by atoms with E-state index in [0.717, 1.165) is 0 Å². The third-order valence-corrected chi connectivity index (χ3v) is 4.22. The number of methoxy groups -OCH3 is 1. The van der Waals surface area contributed by atoms with Gasteiger partial charge in [0.1, 0.15) is 4.88 Å². The molecule has 2 heterocycles. The van der Waals surface area contributed by atoms with Crippen LogP contribution in [0.25, 0.3) is 0 Å². The molecule has 1 aliphatic heterocycles. The summed E-state index contributed by atoms with van der Waals surface area (Å²) in [4.78, 5) is 24.2. The first-order valence-electron chi connectivity index (χ1n) is 5.79. The van der Waals surface area contributed by atoms with Gasteiger partial charge in [0.2, 0.25) is 5.91 Å². The SMILES string of the molecule is COC(=O)c1sccc1NC(=O)C1(C)COCC1N. The third-order valence-electron chi connectivity index (χ3n) is 3.32. The van der Waals surface area contributed by atoms with E-state index in [1.165, 1.54) is 18.4 Å². The molecule has 0 aliphatic carbocycles. The highest BCUT2D eigenvalue weighted by Crippen LogP contribution is 2.30. The monoisotopic (exact) mass is 284 g/mol. The number of anilines is 1. The van der Waals surface area contributed by atoms with Gasteiger partial charge in [-0.1, -0.05) is 0 Å². The first-order chi connectivity index (χ1) is 8.99. The van der Waals surface area contributed by atoms with Gasteiger partial charge in [-0.25, -0.2) is 4.79 Å². The van der Waals surface area contributed by atoms with Crippen LogP contribution in [-0.4, -0.2) is 38.2 Å². The minimum absolute atomic E-state index is 0.249. The van der Waals surface area contributed by atoms with Crippen molar-refractivity contribution in [3.05, 3.63) is 16.3 Å². The van der Waals surface area contributed by atoms with E-state index in [9.17, 15) is 9.59 Å². The van der Waals surface area contributed by atoms with Crippen molar-refractivity contribution in [2.24, 2.45) is 11.1 Å². The molecule has 0 radical (unpaired) electrons. The normalized spacial score (nSPS) is 26.2. The summed E-state index contributed by atoms with van der Waals surface area (Å²) in [5, 5.41) is 4.45. The summed E-state index contributed by atoms with van der Waals surface area (Å²) in [6.45, 7) is 2.39. The van der Waals surface area contributed by atoms with Crippen LogP contribution in [0.4, 0.5) is 5.69 Å². The number of carbonyl (C=O) groups is 2. The van der Waals surface area contributed by atoms with Crippen LogP contribution >= 0.6 is 11.3 Å². The molecule has 1 fully saturated rings. The Balaban J connectivity index is 2.16. The highest BCUT2D eigenvalue weighted by atomic mass is 32.1. The quantitative estimate of drug-likeness (QED) is 0.803. The number of thiophene rings is 1. The zero-order valence-electron chi connectivity index (χ0n) is 10.8. The van der Waals surface area contributed by atoms with Crippen LogP contribution in [-0.2, 0) is 14.3 Å². The molecular formula is C12H16N2O4S. The van der Waals surface area contributed by atoms with E-state index in [1.807, 2.05) is 0 Å². The summed E-state index contributed by atoms with van der Waals surface area (Å²) in [6.07, 6.45) is 0. The van der Waals surface area contributed by atoms with Crippen molar-refractivity contribution < 1.29 is 19.1 Å². The van der Waals surface area contributed by atoms with E-state index in [1.54, 1.807) is 18.4 Å². The highest BCUT2D eigenvalue weighted by Gasteiger charge is 2.44. The second kappa shape index (κ2) is 5.28. The molecule has 7 heteroatoms. The number of nitrogens with one attached hydrogen (secondary N) is 1. The predicted octanol–water partition coefficient (Wildman–Crippen LogP) is 0.837. The fourth-order valence-electron chi connectivity index (χ4n) is 1.85. The molecule has 0 bridgehead atoms. The van der Waals surface area contributed by atoms with Crippen LogP contribution in [0.1, 0.15) is 16.6 Å².